The van der Waals surface area contributed by atoms with Crippen molar-refractivity contribution in [3.05, 3.63) is 71.9 Å². The zero-order chi connectivity index (χ0) is 16.9. The summed E-state index contributed by atoms with van der Waals surface area (Å²) >= 11 is 0. The fourth-order valence-electron chi connectivity index (χ4n) is 2.35. The molecule has 3 aromatic rings. The summed E-state index contributed by atoms with van der Waals surface area (Å²) in [5.74, 6) is -0.162. The molecule has 122 valence electrons. The molecular formula is C18H14F2N2O2. The number of hydrogen-bond acceptors (Lipinski definition) is 3. The van der Waals surface area contributed by atoms with Crippen molar-refractivity contribution < 1.29 is 18.3 Å². The molecule has 0 radical (unpaired) electrons. The Kier molecular flexibility index (Phi) is 4.65. The van der Waals surface area contributed by atoms with Gasteiger partial charge < -0.3 is 10.1 Å². The second-order valence-corrected chi connectivity index (χ2v) is 5.09. The molecule has 0 aliphatic carbocycles. The van der Waals surface area contributed by atoms with E-state index in [9.17, 15) is 13.6 Å². The van der Waals surface area contributed by atoms with E-state index in [4.69, 9.17) is 0 Å². The highest BCUT2D eigenvalue weighted by molar-refractivity contribution is 6.05. The van der Waals surface area contributed by atoms with Crippen molar-refractivity contribution in [2.75, 3.05) is 0 Å². The number of amides is 1. The van der Waals surface area contributed by atoms with Crippen LogP contribution in [0.3, 0.4) is 0 Å². The third-order valence-corrected chi connectivity index (χ3v) is 3.48. The first-order valence-electron chi connectivity index (χ1n) is 7.29. The maximum atomic E-state index is 12.4. The standard InChI is InChI=1S/C18H14F2N2O2/c19-18(20)24-14-8-6-12(7-9-14)11-22-17(23)15-5-1-3-13-4-2-10-21-16(13)15/h1-10,18H,11H2,(H,22,23). The molecule has 0 spiro atoms. The zero-order valence-electron chi connectivity index (χ0n) is 12.6. The minimum Gasteiger partial charge on any atom is -0.435 e. The van der Waals surface area contributed by atoms with Gasteiger partial charge in [-0.05, 0) is 29.8 Å². The Labute approximate surface area is 137 Å². The number of benzene rings is 2. The molecule has 2 aromatic carbocycles. The van der Waals surface area contributed by atoms with E-state index in [2.05, 4.69) is 15.0 Å². The van der Waals surface area contributed by atoms with Gasteiger partial charge in [-0.2, -0.15) is 8.78 Å². The minimum atomic E-state index is -2.85. The van der Waals surface area contributed by atoms with Crippen LogP contribution in [0.25, 0.3) is 10.9 Å². The molecule has 3 rings (SSSR count). The predicted octanol–water partition coefficient (Wildman–Crippen LogP) is 3.77. The van der Waals surface area contributed by atoms with Gasteiger partial charge in [-0.15, -0.1) is 0 Å². The molecule has 0 unspecified atom stereocenters. The average Bonchev–Trinajstić information content (AvgIpc) is 2.60. The molecule has 1 amide bonds. The van der Waals surface area contributed by atoms with E-state index in [-0.39, 0.29) is 18.2 Å². The number of alkyl halides is 2. The van der Waals surface area contributed by atoms with Crippen molar-refractivity contribution in [1.82, 2.24) is 10.3 Å². The first-order chi connectivity index (χ1) is 11.6. The Balaban J connectivity index is 1.69. The Morgan fingerprint density at radius 1 is 1.08 bits per heavy atom. The minimum absolute atomic E-state index is 0.0818. The van der Waals surface area contributed by atoms with E-state index >= 15 is 0 Å². The highest BCUT2D eigenvalue weighted by Crippen LogP contribution is 2.17. The Bertz CT molecular complexity index is 846. The van der Waals surface area contributed by atoms with Crippen molar-refractivity contribution in [2.45, 2.75) is 13.2 Å². The number of nitrogens with one attached hydrogen (secondary N) is 1. The number of ether oxygens (including phenoxy) is 1. The molecule has 0 bridgehead atoms. The predicted molar refractivity (Wildman–Crippen MR) is 86.0 cm³/mol. The number of hydrogen-bond donors (Lipinski definition) is 1. The maximum absolute atomic E-state index is 12.4. The number of nitrogens with zero attached hydrogens (tertiary/aromatic N) is 1. The summed E-state index contributed by atoms with van der Waals surface area (Å²) in [5.41, 5.74) is 1.90. The van der Waals surface area contributed by atoms with E-state index in [0.29, 0.717) is 11.1 Å². The third-order valence-electron chi connectivity index (χ3n) is 3.48. The van der Waals surface area contributed by atoms with Crippen LogP contribution in [0.4, 0.5) is 8.78 Å². The Hall–Kier alpha value is -3.02. The summed E-state index contributed by atoms with van der Waals surface area (Å²) in [4.78, 5) is 16.6. The third kappa shape index (κ3) is 3.65. The average molecular weight is 328 g/mol. The van der Waals surface area contributed by atoms with Gasteiger partial charge in [0.15, 0.2) is 0 Å². The quantitative estimate of drug-likeness (QED) is 0.776. The van der Waals surface area contributed by atoms with Crippen molar-refractivity contribution >= 4 is 16.8 Å². The second-order valence-electron chi connectivity index (χ2n) is 5.09. The van der Waals surface area contributed by atoms with E-state index in [1.54, 1.807) is 30.5 Å². The van der Waals surface area contributed by atoms with Gasteiger partial charge in [0.2, 0.25) is 0 Å². The monoisotopic (exact) mass is 328 g/mol. The van der Waals surface area contributed by atoms with Crippen LogP contribution in [0, 0.1) is 0 Å². The van der Waals surface area contributed by atoms with Gasteiger partial charge in [0.25, 0.3) is 5.91 Å². The SMILES string of the molecule is O=C(NCc1ccc(OC(F)F)cc1)c1cccc2cccnc12. The van der Waals surface area contributed by atoms with E-state index in [1.807, 2.05) is 18.2 Å². The van der Waals surface area contributed by atoms with Crippen molar-refractivity contribution in [2.24, 2.45) is 0 Å². The summed E-state index contributed by atoms with van der Waals surface area (Å²) in [6, 6.07) is 15.2. The summed E-state index contributed by atoms with van der Waals surface area (Å²) in [6.45, 7) is -2.58. The van der Waals surface area contributed by atoms with Gasteiger partial charge in [0.1, 0.15) is 5.75 Å². The number of rotatable bonds is 5. The first-order valence-corrected chi connectivity index (χ1v) is 7.29. The highest BCUT2D eigenvalue weighted by atomic mass is 19.3. The molecule has 4 nitrogen and oxygen atoms in total. The molecule has 0 aliphatic heterocycles. The number of pyridine rings is 1. The number of aromatic nitrogens is 1. The van der Waals surface area contributed by atoms with Gasteiger partial charge in [-0.1, -0.05) is 30.3 Å². The van der Waals surface area contributed by atoms with E-state index < -0.39 is 6.61 Å². The summed E-state index contributed by atoms with van der Waals surface area (Å²) < 4.78 is 28.5. The van der Waals surface area contributed by atoms with Crippen molar-refractivity contribution in [1.29, 1.82) is 0 Å². The number of carbonyl (C=O) groups is 1. The van der Waals surface area contributed by atoms with E-state index in [0.717, 1.165) is 10.9 Å². The molecular weight excluding hydrogens is 314 g/mol. The highest BCUT2D eigenvalue weighted by Gasteiger charge is 2.10. The Morgan fingerprint density at radius 3 is 2.58 bits per heavy atom. The molecule has 1 N–H and O–H groups in total. The van der Waals surface area contributed by atoms with Crippen LogP contribution in [0.15, 0.2) is 60.8 Å². The lowest BCUT2D eigenvalue weighted by Crippen LogP contribution is -2.23. The lowest BCUT2D eigenvalue weighted by atomic mass is 10.1. The van der Waals surface area contributed by atoms with Crippen LogP contribution < -0.4 is 10.1 Å². The van der Waals surface area contributed by atoms with Gasteiger partial charge in [0, 0.05) is 18.1 Å². The molecule has 1 aromatic heterocycles. The van der Waals surface area contributed by atoms with Gasteiger partial charge >= 0.3 is 6.61 Å². The van der Waals surface area contributed by atoms with Crippen molar-refractivity contribution in [3.8, 4) is 5.75 Å². The largest absolute Gasteiger partial charge is 0.435 e. The summed E-state index contributed by atoms with van der Waals surface area (Å²) in [7, 11) is 0. The number of carbonyl (C=O) groups excluding carboxylic acids is 1. The molecule has 0 saturated carbocycles. The zero-order valence-corrected chi connectivity index (χ0v) is 12.6. The summed E-state index contributed by atoms with van der Waals surface area (Å²) in [6.07, 6.45) is 1.64. The van der Waals surface area contributed by atoms with Crippen LogP contribution in [-0.4, -0.2) is 17.5 Å². The fourth-order valence-corrected chi connectivity index (χ4v) is 2.35. The molecule has 0 fully saturated rings. The molecule has 1 heterocycles. The smallest absolute Gasteiger partial charge is 0.387 e. The number of para-hydroxylation sites is 1. The van der Waals surface area contributed by atoms with Crippen LogP contribution in [0.1, 0.15) is 15.9 Å². The number of halogens is 2. The topological polar surface area (TPSA) is 51.2 Å². The molecule has 6 heteroatoms. The molecule has 24 heavy (non-hydrogen) atoms. The van der Waals surface area contributed by atoms with Crippen LogP contribution in [0.5, 0.6) is 5.75 Å². The second kappa shape index (κ2) is 7.04. The number of fused-ring (bicyclic) bond motifs is 1. The lowest BCUT2D eigenvalue weighted by Gasteiger charge is -2.09. The van der Waals surface area contributed by atoms with Crippen LogP contribution in [0.2, 0.25) is 0 Å². The van der Waals surface area contributed by atoms with E-state index in [1.165, 1.54) is 12.1 Å². The van der Waals surface area contributed by atoms with Gasteiger partial charge in [-0.25, -0.2) is 0 Å². The first kappa shape index (κ1) is 15.9. The fraction of sp³-hybridized carbons (Fsp3) is 0.111. The Morgan fingerprint density at radius 2 is 1.83 bits per heavy atom. The molecule has 0 saturated heterocycles. The van der Waals surface area contributed by atoms with Crippen LogP contribution >= 0.6 is 0 Å². The summed E-state index contributed by atoms with van der Waals surface area (Å²) in [5, 5.41) is 3.69. The van der Waals surface area contributed by atoms with Gasteiger partial charge in [-0.3, -0.25) is 9.78 Å². The maximum Gasteiger partial charge on any atom is 0.387 e. The van der Waals surface area contributed by atoms with Crippen LogP contribution in [-0.2, 0) is 6.54 Å². The lowest BCUT2D eigenvalue weighted by molar-refractivity contribution is -0.0498. The molecule has 0 atom stereocenters. The van der Waals surface area contributed by atoms with Gasteiger partial charge in [0.05, 0.1) is 11.1 Å². The normalized spacial score (nSPS) is 10.8. The molecule has 0 aliphatic rings. The van der Waals surface area contributed by atoms with Crippen molar-refractivity contribution in [3.63, 3.8) is 0 Å².